The first kappa shape index (κ1) is 22.3. The second kappa shape index (κ2) is 8.53. The highest BCUT2D eigenvalue weighted by molar-refractivity contribution is 6.00. The molecule has 0 spiro atoms. The van der Waals surface area contributed by atoms with Crippen LogP contribution in [0.2, 0.25) is 0 Å². The Kier molecular flexibility index (Phi) is 5.75. The third-order valence-corrected chi connectivity index (χ3v) is 5.13. The number of fused-ring (bicyclic) bond motifs is 1. The number of nitrogens with one attached hydrogen (secondary N) is 2. The lowest BCUT2D eigenvalue weighted by Crippen LogP contribution is -2.20. The van der Waals surface area contributed by atoms with Gasteiger partial charge >= 0.3 is 12.2 Å². The van der Waals surface area contributed by atoms with E-state index in [0.29, 0.717) is 30.4 Å². The molecule has 0 atom stereocenters. The molecule has 2 aromatic heterocycles. The Hall–Kier alpha value is -3.95. The van der Waals surface area contributed by atoms with E-state index in [0.717, 1.165) is 27.7 Å². The molecule has 6 nitrogen and oxygen atoms in total. The van der Waals surface area contributed by atoms with Gasteiger partial charge in [0.1, 0.15) is 5.82 Å². The second-order valence-corrected chi connectivity index (χ2v) is 7.33. The predicted molar refractivity (Wildman–Crippen MR) is 117 cm³/mol. The molecule has 10 heteroatoms. The maximum Gasteiger partial charge on any atom is 0.416 e. The highest BCUT2D eigenvalue weighted by atomic mass is 19.4. The normalized spacial score (nSPS) is 11.6. The first-order chi connectivity index (χ1) is 15.7. The van der Waals surface area contributed by atoms with Crippen LogP contribution in [0.1, 0.15) is 18.2 Å². The molecule has 0 unspecified atom stereocenters. The molecule has 2 amide bonds. The Labute approximate surface area is 186 Å². The van der Waals surface area contributed by atoms with Crippen molar-refractivity contribution in [2.45, 2.75) is 26.6 Å². The fourth-order valence-electron chi connectivity index (χ4n) is 3.59. The van der Waals surface area contributed by atoms with Crippen LogP contribution in [0.5, 0.6) is 0 Å². The number of urea groups is 1. The monoisotopic (exact) mass is 457 g/mol. The fourth-order valence-corrected chi connectivity index (χ4v) is 3.59. The molecule has 4 rings (SSSR count). The van der Waals surface area contributed by atoms with Gasteiger partial charge in [-0.2, -0.15) is 18.3 Å². The van der Waals surface area contributed by atoms with E-state index in [1.54, 1.807) is 36.7 Å². The van der Waals surface area contributed by atoms with Gasteiger partial charge in [0.15, 0.2) is 0 Å². The first-order valence-corrected chi connectivity index (χ1v) is 10.0. The molecule has 0 fully saturated rings. The number of carbonyl (C=O) groups excluding carboxylic acids is 1. The molecule has 2 heterocycles. The van der Waals surface area contributed by atoms with E-state index >= 15 is 0 Å². The lowest BCUT2D eigenvalue weighted by atomic mass is 10.0. The number of pyridine rings is 1. The van der Waals surface area contributed by atoms with Crippen LogP contribution in [0.15, 0.2) is 54.9 Å². The number of halogens is 4. The highest BCUT2D eigenvalue weighted by Gasteiger charge is 2.31. The van der Waals surface area contributed by atoms with Gasteiger partial charge in [-0.25, -0.2) is 9.18 Å². The minimum Gasteiger partial charge on any atom is -0.308 e. The molecule has 2 aromatic carbocycles. The number of benzene rings is 2. The summed E-state index contributed by atoms with van der Waals surface area (Å²) < 4.78 is 54.3. The van der Waals surface area contributed by atoms with Crippen molar-refractivity contribution in [1.29, 1.82) is 0 Å². The largest absolute Gasteiger partial charge is 0.416 e. The van der Waals surface area contributed by atoms with E-state index in [2.05, 4.69) is 20.7 Å². The number of aromatic nitrogens is 3. The maximum absolute atomic E-state index is 13.9. The van der Waals surface area contributed by atoms with E-state index < -0.39 is 29.3 Å². The molecule has 0 bridgehead atoms. The van der Waals surface area contributed by atoms with E-state index in [1.165, 1.54) is 0 Å². The summed E-state index contributed by atoms with van der Waals surface area (Å²) in [5.41, 5.74) is 2.26. The van der Waals surface area contributed by atoms with Gasteiger partial charge in [0.2, 0.25) is 0 Å². The second-order valence-electron chi connectivity index (χ2n) is 7.33. The van der Waals surface area contributed by atoms with Gasteiger partial charge in [-0.15, -0.1) is 0 Å². The molecule has 4 aromatic rings. The van der Waals surface area contributed by atoms with E-state index in [4.69, 9.17) is 0 Å². The molecule has 0 radical (unpaired) electrons. The lowest BCUT2D eigenvalue weighted by molar-refractivity contribution is -0.137. The Morgan fingerprint density at radius 3 is 2.45 bits per heavy atom. The molecular formula is C23H19F4N5O. The van der Waals surface area contributed by atoms with Crippen molar-refractivity contribution in [3.05, 3.63) is 71.9 Å². The zero-order chi connectivity index (χ0) is 23.8. The number of hydrogen-bond acceptors (Lipinski definition) is 3. The minimum absolute atomic E-state index is 0.379. The van der Waals surface area contributed by atoms with Crippen LogP contribution in [0.4, 0.5) is 33.7 Å². The van der Waals surface area contributed by atoms with Gasteiger partial charge in [-0.1, -0.05) is 12.1 Å². The fraction of sp³-hybridized carbons (Fsp3) is 0.174. The van der Waals surface area contributed by atoms with Crippen molar-refractivity contribution in [1.82, 2.24) is 14.8 Å². The summed E-state index contributed by atoms with van der Waals surface area (Å²) in [7, 11) is 0. The number of anilines is 2. The Bertz CT molecular complexity index is 1330. The van der Waals surface area contributed by atoms with Gasteiger partial charge in [0.25, 0.3) is 0 Å². The summed E-state index contributed by atoms with van der Waals surface area (Å²) in [6.07, 6.45) is -1.15. The molecule has 0 saturated heterocycles. The Morgan fingerprint density at radius 2 is 1.79 bits per heavy atom. The van der Waals surface area contributed by atoms with Crippen LogP contribution in [0.3, 0.4) is 0 Å². The van der Waals surface area contributed by atoms with Crippen LogP contribution in [-0.4, -0.2) is 20.8 Å². The molecule has 170 valence electrons. The third kappa shape index (κ3) is 4.50. The van der Waals surface area contributed by atoms with Crippen molar-refractivity contribution < 1.29 is 22.4 Å². The van der Waals surface area contributed by atoms with Gasteiger partial charge in [0, 0.05) is 29.4 Å². The molecule has 33 heavy (non-hydrogen) atoms. The average molecular weight is 457 g/mol. The maximum atomic E-state index is 13.9. The molecule has 0 aliphatic carbocycles. The number of carbonyl (C=O) groups is 1. The van der Waals surface area contributed by atoms with Crippen LogP contribution >= 0.6 is 0 Å². The van der Waals surface area contributed by atoms with Gasteiger partial charge in [-0.3, -0.25) is 9.67 Å². The SMILES string of the molecule is CCn1nc(C)c2c(-c3ccc(NC(=O)Nc4cc(C(F)(F)F)ccc4F)cc3)cncc21. The Morgan fingerprint density at radius 1 is 1.06 bits per heavy atom. The number of nitrogens with zero attached hydrogens (tertiary/aromatic N) is 3. The summed E-state index contributed by atoms with van der Waals surface area (Å²) in [6, 6.07) is 7.77. The number of rotatable bonds is 4. The summed E-state index contributed by atoms with van der Waals surface area (Å²) >= 11 is 0. The number of hydrogen-bond donors (Lipinski definition) is 2. The zero-order valence-corrected chi connectivity index (χ0v) is 17.7. The molecular weight excluding hydrogens is 438 g/mol. The number of amides is 2. The van der Waals surface area contributed by atoms with Gasteiger partial charge in [-0.05, 0) is 49.7 Å². The minimum atomic E-state index is -4.65. The van der Waals surface area contributed by atoms with Crippen LogP contribution in [-0.2, 0) is 12.7 Å². The van der Waals surface area contributed by atoms with Crippen molar-refractivity contribution in [2.24, 2.45) is 0 Å². The molecule has 0 aliphatic heterocycles. The van der Waals surface area contributed by atoms with E-state index in [1.807, 2.05) is 18.5 Å². The van der Waals surface area contributed by atoms with Crippen molar-refractivity contribution >= 4 is 28.3 Å². The molecule has 0 saturated carbocycles. The average Bonchev–Trinajstić information content (AvgIpc) is 3.11. The summed E-state index contributed by atoms with van der Waals surface area (Å²) in [5, 5.41) is 10.1. The third-order valence-electron chi connectivity index (χ3n) is 5.13. The summed E-state index contributed by atoms with van der Waals surface area (Å²) in [4.78, 5) is 16.5. The highest BCUT2D eigenvalue weighted by Crippen LogP contribution is 2.32. The number of alkyl halides is 3. The van der Waals surface area contributed by atoms with Crippen LogP contribution < -0.4 is 10.6 Å². The zero-order valence-electron chi connectivity index (χ0n) is 17.7. The predicted octanol–water partition coefficient (Wildman–Crippen LogP) is 6.23. The number of aryl methyl sites for hydroxylation is 2. The van der Waals surface area contributed by atoms with Gasteiger partial charge in [0.05, 0.1) is 28.7 Å². The smallest absolute Gasteiger partial charge is 0.308 e. The van der Waals surface area contributed by atoms with Crippen LogP contribution in [0.25, 0.3) is 22.0 Å². The van der Waals surface area contributed by atoms with Crippen molar-refractivity contribution in [3.8, 4) is 11.1 Å². The van der Waals surface area contributed by atoms with Crippen molar-refractivity contribution in [2.75, 3.05) is 10.6 Å². The van der Waals surface area contributed by atoms with Crippen molar-refractivity contribution in [3.63, 3.8) is 0 Å². The summed E-state index contributed by atoms with van der Waals surface area (Å²) in [5.74, 6) is -0.975. The first-order valence-electron chi connectivity index (χ1n) is 10.0. The Balaban J connectivity index is 1.53. The standard InChI is InChI=1S/C23H19F4N5O/c1-3-32-20-12-28-11-17(21(20)13(2)31-32)14-4-7-16(8-5-14)29-22(33)30-19-10-15(23(25,26)27)6-9-18(19)24/h4-12H,3H2,1-2H3,(H2,29,30,33). The van der Waals surface area contributed by atoms with Crippen LogP contribution in [0, 0.1) is 12.7 Å². The summed E-state index contributed by atoms with van der Waals surface area (Å²) in [6.45, 7) is 4.63. The lowest BCUT2D eigenvalue weighted by Gasteiger charge is -2.12. The quantitative estimate of drug-likeness (QED) is 0.357. The van der Waals surface area contributed by atoms with E-state index in [-0.39, 0.29) is 0 Å². The molecule has 0 aliphatic rings. The van der Waals surface area contributed by atoms with E-state index in [9.17, 15) is 22.4 Å². The van der Waals surface area contributed by atoms with Gasteiger partial charge < -0.3 is 10.6 Å². The molecule has 2 N–H and O–H groups in total. The topological polar surface area (TPSA) is 71.8 Å².